The lowest BCUT2D eigenvalue weighted by molar-refractivity contribution is -0.118. The second kappa shape index (κ2) is 19.2. The summed E-state index contributed by atoms with van der Waals surface area (Å²) in [4.78, 5) is 21.8. The first-order valence-electron chi connectivity index (χ1n) is 15.2. The Bertz CT molecular complexity index is 556. The summed E-state index contributed by atoms with van der Waals surface area (Å²) in [5, 5.41) is 0. The van der Waals surface area contributed by atoms with Crippen molar-refractivity contribution in [2.45, 2.75) is 162 Å². The van der Waals surface area contributed by atoms with Gasteiger partial charge in [-0.2, -0.15) is 0 Å². The van der Waals surface area contributed by atoms with Crippen LogP contribution in [-0.4, -0.2) is 11.6 Å². The fraction of sp³-hybridized carbons (Fsp3) is 0.882. The first kappa shape index (κ1) is 39.6. The maximum atomic E-state index is 10.9. The molecule has 0 N–H and O–H groups in total. The molecule has 3 saturated carbocycles. The zero-order valence-electron chi connectivity index (χ0n) is 27.6. The normalized spacial score (nSPS) is 23.4. The van der Waals surface area contributed by atoms with Crippen molar-refractivity contribution < 1.29 is 9.59 Å². The third-order valence-electron chi connectivity index (χ3n) is 7.47. The fourth-order valence-electron chi connectivity index (χ4n) is 5.06. The van der Waals surface area contributed by atoms with Crippen molar-refractivity contribution in [1.82, 2.24) is 0 Å². The van der Waals surface area contributed by atoms with Crippen molar-refractivity contribution in [1.29, 1.82) is 0 Å². The van der Waals surface area contributed by atoms with Gasteiger partial charge in [-0.15, -0.1) is 0 Å². The second-order valence-electron chi connectivity index (χ2n) is 13.2. The third-order valence-corrected chi connectivity index (χ3v) is 7.47. The van der Waals surface area contributed by atoms with Crippen LogP contribution >= 0.6 is 0 Å². The van der Waals surface area contributed by atoms with Gasteiger partial charge < -0.3 is 0 Å². The maximum absolute atomic E-state index is 10.9. The van der Waals surface area contributed by atoms with Gasteiger partial charge in [-0.1, -0.05) is 116 Å². The predicted molar refractivity (Wildman–Crippen MR) is 164 cm³/mol. The number of allylic oxidation sites excluding steroid dienone is 1. The average Bonchev–Trinajstić information content (AvgIpc) is 3.53. The molecule has 3 fully saturated rings. The van der Waals surface area contributed by atoms with E-state index >= 15 is 0 Å². The molecule has 2 heteroatoms. The Hall–Kier alpha value is -0.920. The number of Topliss-reactive ketones (excluding diaryl/α,β-unsaturated/α-hetero) is 2. The predicted octanol–water partition coefficient (Wildman–Crippen LogP) is 11.3. The number of hydrogen-bond donors (Lipinski definition) is 0. The lowest BCUT2D eigenvalue weighted by atomic mass is 9.78. The van der Waals surface area contributed by atoms with E-state index in [1.54, 1.807) is 0 Å². The van der Waals surface area contributed by atoms with Crippen molar-refractivity contribution >= 4 is 11.6 Å². The van der Waals surface area contributed by atoms with E-state index < -0.39 is 0 Å². The van der Waals surface area contributed by atoms with Gasteiger partial charge in [-0.05, 0) is 66.1 Å². The molecule has 0 aromatic carbocycles. The monoisotopic (exact) mass is 509 g/mol. The zero-order valence-corrected chi connectivity index (χ0v) is 27.6. The molecule has 2 nitrogen and oxygen atoms in total. The van der Waals surface area contributed by atoms with Gasteiger partial charge in [0.1, 0.15) is 11.6 Å². The van der Waals surface area contributed by atoms with E-state index in [2.05, 4.69) is 68.9 Å². The molecule has 3 atom stereocenters. The lowest BCUT2D eigenvalue weighted by Gasteiger charge is -2.27. The van der Waals surface area contributed by atoms with Crippen LogP contribution < -0.4 is 0 Å². The molecule has 3 aliphatic carbocycles. The Morgan fingerprint density at radius 2 is 0.889 bits per heavy atom. The molecule has 0 amide bonds. The molecule has 0 aromatic heterocycles. The number of carbonyl (C=O) groups is 2. The van der Waals surface area contributed by atoms with Gasteiger partial charge >= 0.3 is 0 Å². The number of rotatable bonds is 0. The first-order chi connectivity index (χ1) is 16.5. The molecule has 0 radical (unpaired) electrons. The summed E-state index contributed by atoms with van der Waals surface area (Å²) >= 11 is 0. The average molecular weight is 509 g/mol. The smallest absolute Gasteiger partial charge is 0.133 e. The summed E-state index contributed by atoms with van der Waals surface area (Å²) in [6.07, 6.45) is 9.51. The van der Waals surface area contributed by atoms with Gasteiger partial charge in [0, 0.05) is 25.7 Å². The number of ketones is 2. The Balaban J connectivity index is -0.000000410. The Labute approximate surface area is 228 Å². The molecule has 216 valence electrons. The van der Waals surface area contributed by atoms with Crippen LogP contribution in [0.2, 0.25) is 0 Å². The quantitative estimate of drug-likeness (QED) is 0.305. The Morgan fingerprint density at radius 3 is 1.00 bits per heavy atom. The summed E-state index contributed by atoms with van der Waals surface area (Å²) < 4.78 is 0. The van der Waals surface area contributed by atoms with Crippen molar-refractivity contribution in [2.75, 3.05) is 0 Å². The number of hydrogen-bond acceptors (Lipinski definition) is 2. The van der Waals surface area contributed by atoms with Gasteiger partial charge in [0.05, 0.1) is 0 Å². The summed E-state index contributed by atoms with van der Waals surface area (Å²) in [6.45, 7) is 36.4. The summed E-state index contributed by atoms with van der Waals surface area (Å²) in [7, 11) is 0. The molecule has 0 saturated heterocycles. The van der Waals surface area contributed by atoms with Gasteiger partial charge in [0.25, 0.3) is 0 Å². The van der Waals surface area contributed by atoms with E-state index in [9.17, 15) is 9.59 Å². The zero-order chi connectivity index (χ0) is 29.3. The summed E-state index contributed by atoms with van der Waals surface area (Å²) in [6, 6.07) is 0. The summed E-state index contributed by atoms with van der Waals surface area (Å²) in [5.74, 6) is 2.98. The lowest BCUT2D eigenvalue weighted by Crippen LogP contribution is -2.18. The minimum atomic E-state index is 0.339. The van der Waals surface area contributed by atoms with Crippen molar-refractivity contribution in [3.63, 3.8) is 0 Å². The van der Waals surface area contributed by atoms with E-state index in [-0.39, 0.29) is 0 Å². The highest BCUT2D eigenvalue weighted by atomic mass is 16.1. The fourth-order valence-corrected chi connectivity index (χ4v) is 5.06. The van der Waals surface area contributed by atoms with Gasteiger partial charge in [-0.3, -0.25) is 9.59 Å². The molecule has 0 heterocycles. The van der Waals surface area contributed by atoms with Crippen LogP contribution in [0, 0.1) is 34.0 Å². The summed E-state index contributed by atoms with van der Waals surface area (Å²) in [5.41, 5.74) is 2.61. The highest BCUT2D eigenvalue weighted by Crippen LogP contribution is 2.42. The van der Waals surface area contributed by atoms with Crippen LogP contribution in [0.3, 0.4) is 0 Å². The minimum Gasteiger partial charge on any atom is -0.300 e. The van der Waals surface area contributed by atoms with E-state index in [0.717, 1.165) is 44.4 Å². The van der Waals surface area contributed by atoms with Gasteiger partial charge in [0.15, 0.2) is 0 Å². The molecule has 3 rings (SSSR count). The molecule has 3 aliphatic rings. The highest BCUT2D eigenvalue weighted by Gasteiger charge is 2.32. The highest BCUT2D eigenvalue weighted by molar-refractivity contribution is 5.81. The van der Waals surface area contributed by atoms with Gasteiger partial charge in [-0.25, -0.2) is 0 Å². The second-order valence-corrected chi connectivity index (χ2v) is 13.2. The minimum absolute atomic E-state index is 0.339. The number of carbonyl (C=O) groups excluding carboxylic acids is 2. The Kier molecular flexibility index (Phi) is 21.1. The van der Waals surface area contributed by atoms with Crippen LogP contribution in [0.25, 0.3) is 0 Å². The maximum Gasteiger partial charge on any atom is 0.133 e. The van der Waals surface area contributed by atoms with Crippen molar-refractivity contribution in [3.05, 3.63) is 12.2 Å². The van der Waals surface area contributed by atoms with E-state index in [4.69, 9.17) is 0 Å². The van der Waals surface area contributed by atoms with E-state index in [0.29, 0.717) is 39.6 Å². The van der Waals surface area contributed by atoms with E-state index in [1.165, 1.54) is 24.8 Å². The molecule has 0 aromatic rings. The molecular formula is C34H68O2. The largest absolute Gasteiger partial charge is 0.300 e. The topological polar surface area (TPSA) is 34.1 Å². The van der Waals surface area contributed by atoms with Gasteiger partial charge in [0.2, 0.25) is 0 Å². The molecule has 3 unspecified atom stereocenters. The van der Waals surface area contributed by atoms with Crippen LogP contribution in [0.4, 0.5) is 0 Å². The molecular weight excluding hydrogens is 440 g/mol. The molecule has 36 heavy (non-hydrogen) atoms. The third kappa shape index (κ3) is 16.8. The van der Waals surface area contributed by atoms with E-state index in [1.807, 2.05) is 41.5 Å². The van der Waals surface area contributed by atoms with Crippen LogP contribution in [0.1, 0.15) is 162 Å². The van der Waals surface area contributed by atoms with Crippen LogP contribution in [0.5, 0.6) is 0 Å². The standard InChI is InChI=1S/C10H18.2C9H16O.3C2H6/c1-8-6-5-7-9(8)10(2,3)4;2*1-9(2,3)7-4-5-8(10)6-7;3*1-2/h9H,1,5-7H2,2-4H3;2*7H,4-6H2,1-3H3;3*1-2H3. The molecule has 0 spiro atoms. The van der Waals surface area contributed by atoms with Crippen LogP contribution in [0.15, 0.2) is 12.2 Å². The SMILES string of the molecule is C=C1CCCC1C(C)(C)C.CC.CC.CC.CC(C)(C)C1CCC(=O)C1.CC(C)(C)C1CCC(=O)C1. The Morgan fingerprint density at radius 1 is 0.556 bits per heavy atom. The first-order valence-corrected chi connectivity index (χ1v) is 15.2. The van der Waals surface area contributed by atoms with Crippen molar-refractivity contribution in [3.8, 4) is 0 Å². The van der Waals surface area contributed by atoms with Crippen LogP contribution in [-0.2, 0) is 9.59 Å². The molecule has 0 aliphatic heterocycles. The van der Waals surface area contributed by atoms with Crippen molar-refractivity contribution in [2.24, 2.45) is 34.0 Å². The molecule has 0 bridgehead atoms.